The summed E-state index contributed by atoms with van der Waals surface area (Å²) in [6, 6.07) is 0. The highest BCUT2D eigenvalue weighted by atomic mass is 16.5. The highest BCUT2D eigenvalue weighted by molar-refractivity contribution is 4.86. The van der Waals surface area contributed by atoms with Gasteiger partial charge in [0.1, 0.15) is 18.3 Å². The van der Waals surface area contributed by atoms with E-state index >= 15 is 0 Å². The quantitative estimate of drug-likeness (QED) is 0.340. The Balaban J connectivity index is 2.52. The first-order valence-electron chi connectivity index (χ1n) is 3.52. The summed E-state index contributed by atoms with van der Waals surface area (Å²) < 4.78 is 4.94. The second-order valence-corrected chi connectivity index (χ2v) is 2.66. The van der Waals surface area contributed by atoms with Crippen LogP contribution in [0.25, 0.3) is 0 Å². The normalized spacial score (nSPS) is 45.8. The first kappa shape index (κ1) is 8.89. The molecule has 1 heterocycles. The van der Waals surface area contributed by atoms with E-state index in [0.717, 1.165) is 0 Å². The van der Waals surface area contributed by atoms with Crippen molar-refractivity contribution in [2.24, 2.45) is 5.73 Å². The van der Waals surface area contributed by atoms with Crippen LogP contribution in [0.5, 0.6) is 0 Å². The number of hydrogen-bond acceptors (Lipinski definition) is 5. The molecule has 0 saturated carbocycles. The van der Waals surface area contributed by atoms with Crippen molar-refractivity contribution in [1.82, 2.24) is 0 Å². The lowest BCUT2D eigenvalue weighted by molar-refractivity contribution is -0.183. The van der Waals surface area contributed by atoms with E-state index in [0.29, 0.717) is 0 Å². The van der Waals surface area contributed by atoms with Crippen LogP contribution in [-0.4, -0.2) is 52.9 Å². The molecule has 0 amide bonds. The zero-order valence-corrected chi connectivity index (χ0v) is 6.05. The lowest BCUT2D eigenvalue weighted by Gasteiger charge is -2.34. The topological polar surface area (TPSA) is 95.9 Å². The van der Waals surface area contributed by atoms with E-state index in [4.69, 9.17) is 20.7 Å². The second-order valence-electron chi connectivity index (χ2n) is 2.66. The Labute approximate surface area is 64.4 Å². The average molecular weight is 163 g/mol. The maximum atomic E-state index is 9.19. The molecule has 0 aromatic carbocycles. The maximum absolute atomic E-state index is 9.19. The summed E-state index contributed by atoms with van der Waals surface area (Å²) in [6.45, 7) is 0.172. The van der Waals surface area contributed by atoms with Gasteiger partial charge in [-0.2, -0.15) is 0 Å². The van der Waals surface area contributed by atoms with Gasteiger partial charge in [0.15, 0.2) is 0 Å². The van der Waals surface area contributed by atoms with Crippen molar-refractivity contribution in [3.63, 3.8) is 0 Å². The SMILES string of the molecule is NC[C@H]1OC[C@H](O)C(O)[C@@H]1O. The Morgan fingerprint density at radius 1 is 1.27 bits per heavy atom. The van der Waals surface area contributed by atoms with Crippen molar-refractivity contribution in [3.05, 3.63) is 0 Å². The van der Waals surface area contributed by atoms with E-state index in [1.807, 2.05) is 0 Å². The Bertz CT molecular complexity index is 130. The lowest BCUT2D eigenvalue weighted by atomic mass is 10.0. The minimum Gasteiger partial charge on any atom is -0.388 e. The number of hydrogen-bond donors (Lipinski definition) is 4. The summed E-state index contributed by atoms with van der Waals surface area (Å²) in [5, 5.41) is 27.3. The van der Waals surface area contributed by atoms with Crippen LogP contribution >= 0.6 is 0 Å². The van der Waals surface area contributed by atoms with Crippen molar-refractivity contribution in [1.29, 1.82) is 0 Å². The molecule has 5 N–H and O–H groups in total. The third-order valence-corrected chi connectivity index (χ3v) is 1.84. The zero-order valence-electron chi connectivity index (χ0n) is 6.05. The molecular formula is C6H13NO4. The van der Waals surface area contributed by atoms with Crippen molar-refractivity contribution >= 4 is 0 Å². The van der Waals surface area contributed by atoms with Crippen molar-refractivity contribution < 1.29 is 20.1 Å². The van der Waals surface area contributed by atoms with Crippen LogP contribution < -0.4 is 5.73 Å². The number of aliphatic hydroxyl groups is 3. The smallest absolute Gasteiger partial charge is 0.111 e. The van der Waals surface area contributed by atoms with Gasteiger partial charge in [-0.15, -0.1) is 0 Å². The maximum Gasteiger partial charge on any atom is 0.111 e. The van der Waals surface area contributed by atoms with Crippen LogP contribution in [-0.2, 0) is 4.74 Å². The molecule has 1 fully saturated rings. The molecule has 1 unspecified atom stereocenters. The van der Waals surface area contributed by atoms with Crippen LogP contribution in [0.4, 0.5) is 0 Å². The molecule has 0 bridgehead atoms. The highest BCUT2D eigenvalue weighted by Crippen LogP contribution is 2.14. The fourth-order valence-electron chi connectivity index (χ4n) is 1.07. The first-order valence-corrected chi connectivity index (χ1v) is 3.52. The highest BCUT2D eigenvalue weighted by Gasteiger charge is 2.36. The van der Waals surface area contributed by atoms with Crippen molar-refractivity contribution in [3.8, 4) is 0 Å². The van der Waals surface area contributed by atoms with Gasteiger partial charge >= 0.3 is 0 Å². The van der Waals surface area contributed by atoms with Gasteiger partial charge in [0.05, 0.1) is 12.7 Å². The summed E-state index contributed by atoms with van der Waals surface area (Å²) in [7, 11) is 0. The summed E-state index contributed by atoms with van der Waals surface area (Å²) in [5.74, 6) is 0. The Morgan fingerprint density at radius 3 is 2.45 bits per heavy atom. The number of rotatable bonds is 1. The van der Waals surface area contributed by atoms with Gasteiger partial charge in [-0.25, -0.2) is 0 Å². The fourth-order valence-corrected chi connectivity index (χ4v) is 1.07. The molecule has 0 aliphatic carbocycles. The second kappa shape index (κ2) is 3.46. The van der Waals surface area contributed by atoms with E-state index in [-0.39, 0.29) is 13.2 Å². The molecule has 0 aromatic heterocycles. The summed E-state index contributed by atoms with van der Waals surface area (Å²) in [5.41, 5.74) is 5.22. The average Bonchev–Trinajstić information content (AvgIpc) is 2.01. The van der Waals surface area contributed by atoms with Gasteiger partial charge < -0.3 is 25.8 Å². The Hall–Kier alpha value is -0.200. The fraction of sp³-hybridized carbons (Fsp3) is 1.00. The van der Waals surface area contributed by atoms with E-state index in [2.05, 4.69) is 0 Å². The van der Waals surface area contributed by atoms with Gasteiger partial charge in [0.25, 0.3) is 0 Å². The molecule has 5 nitrogen and oxygen atoms in total. The van der Waals surface area contributed by atoms with E-state index in [1.54, 1.807) is 0 Å². The van der Waals surface area contributed by atoms with E-state index in [9.17, 15) is 5.11 Å². The molecule has 0 aromatic rings. The van der Waals surface area contributed by atoms with Gasteiger partial charge in [0, 0.05) is 6.54 Å². The van der Waals surface area contributed by atoms with E-state index < -0.39 is 24.4 Å². The summed E-state index contributed by atoms with van der Waals surface area (Å²) >= 11 is 0. The summed E-state index contributed by atoms with van der Waals surface area (Å²) in [4.78, 5) is 0. The molecule has 4 atom stereocenters. The van der Waals surface area contributed by atoms with Crippen molar-refractivity contribution in [2.45, 2.75) is 24.4 Å². The predicted molar refractivity (Wildman–Crippen MR) is 36.8 cm³/mol. The minimum absolute atomic E-state index is 0.0279. The molecule has 1 rings (SSSR count). The molecule has 0 spiro atoms. The zero-order chi connectivity index (χ0) is 8.43. The molecule has 0 radical (unpaired) electrons. The Morgan fingerprint density at radius 2 is 1.91 bits per heavy atom. The Kier molecular flexibility index (Phi) is 2.80. The van der Waals surface area contributed by atoms with Crippen LogP contribution in [0.15, 0.2) is 0 Å². The standard InChI is InChI=1S/C6H13NO4/c7-1-4-6(10)5(9)3(8)2-11-4/h3-6,8-10H,1-2,7H2/t3-,4+,5?,6+/m0/s1. The monoisotopic (exact) mass is 163 g/mol. The van der Waals surface area contributed by atoms with Crippen LogP contribution in [0.3, 0.4) is 0 Å². The van der Waals surface area contributed by atoms with E-state index in [1.165, 1.54) is 0 Å². The van der Waals surface area contributed by atoms with Crippen LogP contribution in [0.2, 0.25) is 0 Å². The lowest BCUT2D eigenvalue weighted by Crippen LogP contribution is -2.55. The molecule has 1 aliphatic heterocycles. The van der Waals surface area contributed by atoms with Gasteiger partial charge in [-0.3, -0.25) is 0 Å². The largest absolute Gasteiger partial charge is 0.388 e. The molecule has 66 valence electrons. The molecule has 11 heavy (non-hydrogen) atoms. The minimum atomic E-state index is -1.14. The molecular weight excluding hydrogens is 150 g/mol. The van der Waals surface area contributed by atoms with Gasteiger partial charge in [0.2, 0.25) is 0 Å². The number of nitrogens with two attached hydrogens (primary N) is 1. The number of ether oxygens (including phenoxy) is 1. The third-order valence-electron chi connectivity index (χ3n) is 1.84. The van der Waals surface area contributed by atoms with Gasteiger partial charge in [-0.1, -0.05) is 0 Å². The summed E-state index contributed by atoms with van der Waals surface area (Å²) in [6.07, 6.45) is -3.79. The van der Waals surface area contributed by atoms with Crippen LogP contribution in [0, 0.1) is 0 Å². The molecule has 5 heteroatoms. The number of aliphatic hydroxyl groups excluding tert-OH is 3. The first-order chi connectivity index (χ1) is 5.16. The van der Waals surface area contributed by atoms with Crippen molar-refractivity contribution in [2.75, 3.05) is 13.2 Å². The third kappa shape index (κ3) is 1.69. The van der Waals surface area contributed by atoms with Gasteiger partial charge in [-0.05, 0) is 0 Å². The molecule has 1 aliphatic rings. The van der Waals surface area contributed by atoms with Crippen LogP contribution in [0.1, 0.15) is 0 Å². The predicted octanol–water partition coefficient (Wildman–Crippen LogP) is -2.57. The molecule has 1 saturated heterocycles.